The van der Waals surface area contributed by atoms with Gasteiger partial charge in [-0.05, 0) is 30.4 Å². The second kappa shape index (κ2) is 5.79. The van der Waals surface area contributed by atoms with Crippen molar-refractivity contribution in [3.8, 4) is 0 Å². The summed E-state index contributed by atoms with van der Waals surface area (Å²) in [5.41, 5.74) is 0. The first kappa shape index (κ1) is 13.5. The number of rotatable bonds is 4. The zero-order chi connectivity index (χ0) is 13.8. The van der Waals surface area contributed by atoms with Crippen molar-refractivity contribution in [3.63, 3.8) is 0 Å². The number of aliphatic carboxylic acids is 1. The highest BCUT2D eigenvalue weighted by Gasteiger charge is 2.32. The predicted molar refractivity (Wildman–Crippen MR) is 70.2 cm³/mol. The maximum Gasteiger partial charge on any atom is 0.326 e. The van der Waals surface area contributed by atoms with Gasteiger partial charge in [-0.3, -0.25) is 9.59 Å². The molecule has 1 fully saturated rings. The molecule has 0 radical (unpaired) electrons. The Bertz CT molecular complexity index is 521. The Morgan fingerprint density at radius 2 is 2.16 bits per heavy atom. The summed E-state index contributed by atoms with van der Waals surface area (Å²) in [7, 11) is 0. The predicted octanol–water partition coefficient (Wildman–Crippen LogP) is 1.56. The van der Waals surface area contributed by atoms with Crippen LogP contribution in [0.2, 0.25) is 0 Å². The fourth-order valence-electron chi connectivity index (χ4n) is 2.03. The highest BCUT2D eigenvalue weighted by atomic mass is 32.1. The van der Waals surface area contributed by atoms with Gasteiger partial charge in [-0.25, -0.2) is 4.79 Å². The summed E-state index contributed by atoms with van der Waals surface area (Å²) in [5, 5.41) is 10.8. The molecule has 1 aromatic rings. The molecule has 1 amide bonds. The fourth-order valence-corrected chi connectivity index (χ4v) is 2.68. The largest absolute Gasteiger partial charge is 0.480 e. The fraction of sp³-hybridized carbons (Fsp3) is 0.308. The molecule has 0 spiro atoms. The van der Waals surface area contributed by atoms with Crippen LogP contribution in [0.15, 0.2) is 29.7 Å². The number of hydrogen-bond donors (Lipinski definition) is 1. The van der Waals surface area contributed by atoms with Crippen molar-refractivity contribution in [2.24, 2.45) is 0 Å². The van der Waals surface area contributed by atoms with Crippen LogP contribution in [0.5, 0.6) is 0 Å². The van der Waals surface area contributed by atoms with Gasteiger partial charge >= 0.3 is 5.97 Å². The lowest BCUT2D eigenvalue weighted by molar-refractivity contribution is -0.146. The van der Waals surface area contributed by atoms with Crippen molar-refractivity contribution < 1.29 is 19.5 Å². The lowest BCUT2D eigenvalue weighted by Crippen LogP contribution is -2.39. The number of thiophene rings is 1. The van der Waals surface area contributed by atoms with Crippen LogP contribution in [0.3, 0.4) is 0 Å². The molecule has 0 bridgehead atoms. The third-order valence-corrected chi connectivity index (χ3v) is 3.85. The van der Waals surface area contributed by atoms with Crippen LogP contribution in [0.25, 0.3) is 0 Å². The summed E-state index contributed by atoms with van der Waals surface area (Å²) in [6.07, 6.45) is 3.50. The number of carboxylic acid groups (broad SMARTS) is 1. The first-order chi connectivity index (χ1) is 9.09. The average molecular weight is 279 g/mol. The van der Waals surface area contributed by atoms with Gasteiger partial charge in [-0.15, -0.1) is 11.3 Å². The molecule has 6 heteroatoms. The second-order valence-corrected chi connectivity index (χ2v) is 5.15. The molecule has 1 aromatic heterocycles. The summed E-state index contributed by atoms with van der Waals surface area (Å²) in [4.78, 5) is 36.3. The van der Waals surface area contributed by atoms with Crippen LogP contribution in [0.1, 0.15) is 22.5 Å². The quantitative estimate of drug-likeness (QED) is 0.670. The highest BCUT2D eigenvalue weighted by molar-refractivity contribution is 7.12. The van der Waals surface area contributed by atoms with Gasteiger partial charge in [0.2, 0.25) is 5.91 Å². The second-order valence-electron chi connectivity index (χ2n) is 4.20. The molecular weight excluding hydrogens is 266 g/mol. The van der Waals surface area contributed by atoms with E-state index in [-0.39, 0.29) is 5.78 Å². The summed E-state index contributed by atoms with van der Waals surface area (Å²) in [6, 6.07) is 2.67. The summed E-state index contributed by atoms with van der Waals surface area (Å²) >= 11 is 1.30. The van der Waals surface area contributed by atoms with Crippen molar-refractivity contribution in [1.29, 1.82) is 0 Å². The third kappa shape index (κ3) is 3.08. The first-order valence-electron chi connectivity index (χ1n) is 5.89. The van der Waals surface area contributed by atoms with Crippen LogP contribution in [0, 0.1) is 0 Å². The van der Waals surface area contributed by atoms with E-state index >= 15 is 0 Å². The zero-order valence-corrected chi connectivity index (χ0v) is 10.9. The summed E-state index contributed by atoms with van der Waals surface area (Å²) < 4.78 is 0. The van der Waals surface area contributed by atoms with E-state index in [1.807, 2.05) is 0 Å². The number of carbonyl (C=O) groups excluding carboxylic acids is 2. The Labute approximate surface area is 114 Å². The van der Waals surface area contributed by atoms with Crippen molar-refractivity contribution in [2.75, 3.05) is 6.54 Å². The number of carbonyl (C=O) groups is 3. The normalized spacial score (nSPS) is 18.9. The van der Waals surface area contributed by atoms with E-state index in [9.17, 15) is 14.4 Å². The molecular formula is C13H13NO4S. The number of ketones is 1. The maximum atomic E-state index is 11.9. The van der Waals surface area contributed by atoms with E-state index in [1.165, 1.54) is 22.3 Å². The minimum absolute atomic E-state index is 0.241. The molecule has 100 valence electrons. The SMILES string of the molecule is O=C(C=CC(=O)N1CCC[C@H]1C(=O)O)c1cccs1. The van der Waals surface area contributed by atoms with Crippen molar-refractivity contribution in [2.45, 2.75) is 18.9 Å². The Balaban J connectivity index is 2.01. The molecule has 5 nitrogen and oxygen atoms in total. The third-order valence-electron chi connectivity index (χ3n) is 2.96. The zero-order valence-electron chi connectivity index (χ0n) is 10.1. The number of likely N-dealkylation sites (tertiary alicyclic amines) is 1. The molecule has 19 heavy (non-hydrogen) atoms. The molecule has 1 aliphatic rings. The van der Waals surface area contributed by atoms with Gasteiger partial charge in [0.25, 0.3) is 0 Å². The molecule has 1 atom stereocenters. The van der Waals surface area contributed by atoms with Gasteiger partial charge in [-0.1, -0.05) is 6.07 Å². The van der Waals surface area contributed by atoms with E-state index in [1.54, 1.807) is 17.5 Å². The number of carboxylic acids is 1. The minimum atomic E-state index is -0.996. The van der Waals surface area contributed by atoms with Crippen LogP contribution < -0.4 is 0 Å². The van der Waals surface area contributed by atoms with Crippen molar-refractivity contribution in [3.05, 3.63) is 34.5 Å². The Morgan fingerprint density at radius 3 is 2.79 bits per heavy atom. The molecule has 0 aromatic carbocycles. The van der Waals surface area contributed by atoms with Crippen LogP contribution in [-0.2, 0) is 9.59 Å². The van der Waals surface area contributed by atoms with E-state index in [0.29, 0.717) is 24.3 Å². The van der Waals surface area contributed by atoms with Gasteiger partial charge in [0.1, 0.15) is 6.04 Å². The molecule has 0 unspecified atom stereocenters. The number of allylic oxidation sites excluding steroid dienone is 1. The van der Waals surface area contributed by atoms with E-state index < -0.39 is 17.9 Å². The van der Waals surface area contributed by atoms with Gasteiger partial charge in [0.15, 0.2) is 5.78 Å². The molecule has 2 heterocycles. The highest BCUT2D eigenvalue weighted by Crippen LogP contribution is 2.18. The van der Waals surface area contributed by atoms with Crippen molar-refractivity contribution in [1.82, 2.24) is 4.90 Å². The standard InChI is InChI=1S/C13H13NO4S/c15-10(11-4-2-8-19-11)5-6-12(16)14-7-1-3-9(14)13(17)18/h2,4-6,8-9H,1,3,7H2,(H,17,18)/t9-/m0/s1. The lowest BCUT2D eigenvalue weighted by atomic mass is 10.2. The lowest BCUT2D eigenvalue weighted by Gasteiger charge is -2.19. The van der Waals surface area contributed by atoms with Gasteiger partial charge in [0.05, 0.1) is 4.88 Å². The number of nitrogens with zero attached hydrogens (tertiary/aromatic N) is 1. The molecule has 2 rings (SSSR count). The van der Waals surface area contributed by atoms with Gasteiger partial charge in [0, 0.05) is 12.6 Å². The monoisotopic (exact) mass is 279 g/mol. The van der Waals surface area contributed by atoms with Crippen LogP contribution >= 0.6 is 11.3 Å². The topological polar surface area (TPSA) is 74.7 Å². The smallest absolute Gasteiger partial charge is 0.326 e. The molecule has 1 aliphatic heterocycles. The molecule has 1 saturated heterocycles. The van der Waals surface area contributed by atoms with E-state index in [4.69, 9.17) is 5.11 Å². The summed E-state index contributed by atoms with van der Waals surface area (Å²) in [6.45, 7) is 0.424. The Hall–Kier alpha value is -1.95. The van der Waals surface area contributed by atoms with E-state index in [2.05, 4.69) is 0 Å². The Kier molecular flexibility index (Phi) is 4.11. The molecule has 1 N–H and O–H groups in total. The number of hydrogen-bond acceptors (Lipinski definition) is 4. The molecule has 0 saturated carbocycles. The minimum Gasteiger partial charge on any atom is -0.480 e. The average Bonchev–Trinajstić information content (AvgIpc) is 3.04. The maximum absolute atomic E-state index is 11.9. The van der Waals surface area contributed by atoms with Crippen LogP contribution in [-0.4, -0.2) is 40.3 Å². The van der Waals surface area contributed by atoms with Crippen LogP contribution in [0.4, 0.5) is 0 Å². The van der Waals surface area contributed by atoms with Gasteiger partial charge < -0.3 is 10.0 Å². The van der Waals surface area contributed by atoms with E-state index in [0.717, 1.165) is 6.08 Å². The Morgan fingerprint density at radius 1 is 1.37 bits per heavy atom. The first-order valence-corrected chi connectivity index (χ1v) is 6.77. The van der Waals surface area contributed by atoms with Gasteiger partial charge in [-0.2, -0.15) is 0 Å². The summed E-state index contributed by atoms with van der Waals surface area (Å²) in [5.74, 6) is -1.66. The number of amides is 1. The van der Waals surface area contributed by atoms with Crippen molar-refractivity contribution >= 4 is 29.0 Å². The molecule has 0 aliphatic carbocycles.